The van der Waals surface area contributed by atoms with E-state index in [1.807, 2.05) is 0 Å². The fourth-order valence-corrected chi connectivity index (χ4v) is 3.76. The Morgan fingerprint density at radius 2 is 1.62 bits per heavy atom. The van der Waals surface area contributed by atoms with Crippen LogP contribution in [0, 0.1) is 5.82 Å². The Bertz CT molecular complexity index is 880. The fourth-order valence-electron chi connectivity index (χ4n) is 2.39. The maximum absolute atomic E-state index is 13.7. The third-order valence-electron chi connectivity index (χ3n) is 4.22. The number of hydrogen-bond acceptors (Lipinski definition) is 3. The molecule has 2 aromatic carbocycles. The third kappa shape index (κ3) is 4.28. The van der Waals surface area contributed by atoms with E-state index in [1.165, 1.54) is 46.6 Å². The average molecular weight is 378 g/mol. The first-order valence-electron chi connectivity index (χ1n) is 8.21. The van der Waals surface area contributed by atoms with Crippen LogP contribution in [0.1, 0.15) is 29.8 Å². The highest BCUT2D eigenvalue weighted by Crippen LogP contribution is 2.18. The molecule has 0 aromatic heterocycles. The quantitative estimate of drug-likeness (QED) is 0.776. The largest absolute Gasteiger partial charge is 0.337 e. The molecule has 0 saturated carbocycles. The summed E-state index contributed by atoms with van der Waals surface area (Å²) < 4.78 is 39.9. The molecule has 5 nitrogen and oxygen atoms in total. The van der Waals surface area contributed by atoms with Crippen LogP contribution in [0.5, 0.6) is 0 Å². The minimum Gasteiger partial charge on any atom is -0.337 e. The molecule has 0 aliphatic heterocycles. The second kappa shape index (κ2) is 7.97. The zero-order chi connectivity index (χ0) is 19.5. The molecule has 0 saturated heterocycles. The lowest BCUT2D eigenvalue weighted by Gasteiger charge is -2.21. The summed E-state index contributed by atoms with van der Waals surface area (Å²) in [7, 11) is -0.506. The van der Waals surface area contributed by atoms with Crippen LogP contribution in [-0.2, 0) is 16.6 Å². The highest BCUT2D eigenvalue weighted by molar-refractivity contribution is 7.89. The lowest BCUT2D eigenvalue weighted by Crippen LogP contribution is -2.33. The van der Waals surface area contributed by atoms with Crippen molar-refractivity contribution in [3.05, 3.63) is 65.5 Å². The molecule has 26 heavy (non-hydrogen) atoms. The summed E-state index contributed by atoms with van der Waals surface area (Å²) in [6.45, 7) is 3.70. The zero-order valence-electron chi connectivity index (χ0n) is 15.3. The Morgan fingerprint density at radius 1 is 1.04 bits per heavy atom. The van der Waals surface area contributed by atoms with Crippen molar-refractivity contribution in [2.75, 3.05) is 14.1 Å². The van der Waals surface area contributed by atoms with E-state index >= 15 is 0 Å². The molecular formula is C19H23FN2O3S. The minimum absolute atomic E-state index is 0.127. The smallest absolute Gasteiger partial charge is 0.253 e. The molecule has 0 radical (unpaired) electrons. The van der Waals surface area contributed by atoms with Gasteiger partial charge in [-0.2, -0.15) is 4.31 Å². The molecule has 0 aliphatic rings. The fraction of sp³-hybridized carbons (Fsp3) is 0.316. The van der Waals surface area contributed by atoms with E-state index in [0.717, 1.165) is 0 Å². The normalized spacial score (nSPS) is 11.8. The molecule has 0 unspecified atom stereocenters. The van der Waals surface area contributed by atoms with E-state index in [9.17, 15) is 17.6 Å². The van der Waals surface area contributed by atoms with E-state index in [4.69, 9.17) is 0 Å². The van der Waals surface area contributed by atoms with Crippen LogP contribution in [0.3, 0.4) is 0 Å². The number of sulfonamides is 1. The van der Waals surface area contributed by atoms with Crippen molar-refractivity contribution in [2.24, 2.45) is 0 Å². The van der Waals surface area contributed by atoms with Crippen molar-refractivity contribution in [3.63, 3.8) is 0 Å². The molecule has 0 spiro atoms. The van der Waals surface area contributed by atoms with E-state index in [-0.39, 0.29) is 29.2 Å². The first-order chi connectivity index (χ1) is 12.1. The molecular weight excluding hydrogens is 355 g/mol. The van der Waals surface area contributed by atoms with Gasteiger partial charge in [0, 0.05) is 37.8 Å². The van der Waals surface area contributed by atoms with Crippen molar-refractivity contribution < 1.29 is 17.6 Å². The SMILES string of the molecule is CC(C)N(C)S(=O)(=O)c1ccc(C(=O)N(C)Cc2ccccc2F)cc1. The van der Waals surface area contributed by atoms with Crippen molar-refractivity contribution >= 4 is 15.9 Å². The number of halogens is 1. The van der Waals surface area contributed by atoms with Crippen LogP contribution >= 0.6 is 0 Å². The summed E-state index contributed by atoms with van der Waals surface area (Å²) >= 11 is 0. The number of carbonyl (C=O) groups excluding carboxylic acids is 1. The van der Waals surface area contributed by atoms with Crippen molar-refractivity contribution in [1.29, 1.82) is 0 Å². The monoisotopic (exact) mass is 378 g/mol. The van der Waals surface area contributed by atoms with Gasteiger partial charge >= 0.3 is 0 Å². The molecule has 0 fully saturated rings. The molecule has 0 aliphatic carbocycles. The summed E-state index contributed by atoms with van der Waals surface area (Å²) in [5, 5.41) is 0. The highest BCUT2D eigenvalue weighted by Gasteiger charge is 2.23. The first kappa shape index (κ1) is 20.1. The van der Waals surface area contributed by atoms with Gasteiger partial charge in [0.15, 0.2) is 0 Å². The van der Waals surface area contributed by atoms with Gasteiger partial charge in [0.05, 0.1) is 4.90 Å². The molecule has 1 amide bonds. The molecule has 0 N–H and O–H groups in total. The third-order valence-corrected chi connectivity index (χ3v) is 6.27. The Hall–Kier alpha value is -2.25. The van der Waals surface area contributed by atoms with Gasteiger partial charge in [0.25, 0.3) is 5.91 Å². The predicted molar refractivity (Wildman–Crippen MR) is 98.7 cm³/mol. The number of amides is 1. The van der Waals surface area contributed by atoms with E-state index in [2.05, 4.69) is 0 Å². The second-order valence-electron chi connectivity index (χ2n) is 6.39. The van der Waals surface area contributed by atoms with Crippen LogP contribution < -0.4 is 0 Å². The maximum Gasteiger partial charge on any atom is 0.253 e. The van der Waals surface area contributed by atoms with Gasteiger partial charge in [0.2, 0.25) is 10.0 Å². The standard InChI is InChI=1S/C19H23FN2O3S/c1-14(2)22(4)26(24,25)17-11-9-15(10-12-17)19(23)21(3)13-16-7-5-6-8-18(16)20/h5-12,14H,13H2,1-4H3. The molecule has 2 aromatic rings. The van der Waals surface area contributed by atoms with Crippen molar-refractivity contribution in [2.45, 2.75) is 31.3 Å². The number of benzene rings is 2. The Kier molecular flexibility index (Phi) is 6.15. The van der Waals surface area contributed by atoms with Gasteiger partial charge in [-0.25, -0.2) is 12.8 Å². The summed E-state index contributed by atoms with van der Waals surface area (Å²) in [5.74, 6) is -0.681. The Morgan fingerprint density at radius 3 is 2.15 bits per heavy atom. The average Bonchev–Trinajstić information content (AvgIpc) is 2.62. The lowest BCUT2D eigenvalue weighted by molar-refractivity contribution is 0.0783. The Balaban J connectivity index is 2.17. The summed E-state index contributed by atoms with van der Waals surface area (Å²) in [6, 6.07) is 11.9. The topological polar surface area (TPSA) is 57.7 Å². The highest BCUT2D eigenvalue weighted by atomic mass is 32.2. The number of nitrogens with zero attached hydrogens (tertiary/aromatic N) is 2. The number of hydrogen-bond donors (Lipinski definition) is 0. The predicted octanol–water partition coefficient (Wildman–Crippen LogP) is 3.13. The van der Waals surface area contributed by atoms with Gasteiger partial charge in [-0.3, -0.25) is 4.79 Å². The first-order valence-corrected chi connectivity index (χ1v) is 9.65. The zero-order valence-corrected chi connectivity index (χ0v) is 16.1. The summed E-state index contributed by atoms with van der Waals surface area (Å²) in [4.78, 5) is 14.0. The van der Waals surface area contributed by atoms with E-state index in [0.29, 0.717) is 11.1 Å². The summed E-state index contributed by atoms with van der Waals surface area (Å²) in [5.41, 5.74) is 0.760. The minimum atomic E-state index is -3.60. The number of carbonyl (C=O) groups is 1. The van der Waals surface area contributed by atoms with Crippen molar-refractivity contribution in [1.82, 2.24) is 9.21 Å². The molecule has 2 rings (SSSR count). The molecule has 0 atom stereocenters. The summed E-state index contributed by atoms with van der Waals surface area (Å²) in [6.07, 6.45) is 0. The maximum atomic E-state index is 13.7. The Labute approximate surface area is 154 Å². The van der Waals surface area contributed by atoms with Crippen molar-refractivity contribution in [3.8, 4) is 0 Å². The molecule has 0 heterocycles. The van der Waals surface area contributed by atoms with Gasteiger partial charge < -0.3 is 4.90 Å². The van der Waals surface area contributed by atoms with Crippen LogP contribution in [-0.4, -0.2) is 43.7 Å². The van der Waals surface area contributed by atoms with E-state index < -0.39 is 10.0 Å². The lowest BCUT2D eigenvalue weighted by atomic mass is 10.1. The van der Waals surface area contributed by atoms with Crippen LogP contribution in [0.25, 0.3) is 0 Å². The van der Waals surface area contributed by atoms with Gasteiger partial charge in [0.1, 0.15) is 5.82 Å². The molecule has 0 bridgehead atoms. The van der Waals surface area contributed by atoms with Crippen LogP contribution in [0.4, 0.5) is 4.39 Å². The van der Waals surface area contributed by atoms with Crippen LogP contribution in [0.2, 0.25) is 0 Å². The number of rotatable bonds is 6. The second-order valence-corrected chi connectivity index (χ2v) is 8.39. The molecule has 140 valence electrons. The van der Waals surface area contributed by atoms with Gasteiger partial charge in [-0.1, -0.05) is 18.2 Å². The van der Waals surface area contributed by atoms with E-state index in [1.54, 1.807) is 39.1 Å². The van der Waals surface area contributed by atoms with Gasteiger partial charge in [-0.05, 0) is 44.2 Å². The van der Waals surface area contributed by atoms with Crippen LogP contribution in [0.15, 0.2) is 53.4 Å². The molecule has 7 heteroatoms. The van der Waals surface area contributed by atoms with Gasteiger partial charge in [-0.15, -0.1) is 0 Å².